The summed E-state index contributed by atoms with van der Waals surface area (Å²) in [7, 11) is 0. The van der Waals surface area contributed by atoms with Crippen molar-refractivity contribution in [3.8, 4) is 0 Å². The van der Waals surface area contributed by atoms with Gasteiger partial charge in [0.1, 0.15) is 6.61 Å². The van der Waals surface area contributed by atoms with Gasteiger partial charge in [-0.15, -0.1) is 0 Å². The predicted molar refractivity (Wildman–Crippen MR) is 130 cm³/mol. The molecule has 2 aliphatic heterocycles. The van der Waals surface area contributed by atoms with Gasteiger partial charge < -0.3 is 14.2 Å². The fourth-order valence-electron chi connectivity index (χ4n) is 4.73. The Labute approximate surface area is 202 Å². The molecule has 0 bridgehead atoms. The first-order valence-electron chi connectivity index (χ1n) is 11.6. The molecule has 180 valence electrons. The lowest BCUT2D eigenvalue weighted by atomic mass is 10.1. The number of aryl methyl sites for hydroxylation is 1. The highest BCUT2D eigenvalue weighted by Gasteiger charge is 2.30. The summed E-state index contributed by atoms with van der Waals surface area (Å²) in [5.41, 5.74) is 3.93. The minimum atomic E-state index is -0.542. The Balaban J connectivity index is 1.63. The number of rotatable bonds is 4. The molecule has 0 radical (unpaired) electrons. The number of nitrogens with one attached hydrogen (secondary N) is 2. The van der Waals surface area contributed by atoms with E-state index in [1.807, 2.05) is 23.6 Å². The number of nitrogens with zero attached hydrogens (tertiary/aromatic N) is 4. The molecule has 5 rings (SSSR count). The van der Waals surface area contributed by atoms with E-state index in [2.05, 4.69) is 22.2 Å². The maximum absolute atomic E-state index is 13.1. The van der Waals surface area contributed by atoms with Crippen molar-refractivity contribution in [1.82, 2.24) is 19.4 Å². The first kappa shape index (κ1) is 22.6. The lowest BCUT2D eigenvalue weighted by Crippen LogP contribution is -2.34. The molecule has 3 aromatic rings. The zero-order chi connectivity index (χ0) is 24.5. The number of imidazole rings is 1. The number of fused-ring (bicyclic) bond motifs is 3. The normalized spacial score (nSPS) is 17.7. The number of hydrogen-bond acceptors (Lipinski definition) is 6. The van der Waals surface area contributed by atoms with Gasteiger partial charge in [-0.05, 0) is 50.5 Å². The molecular formula is C25H26N6O4. The summed E-state index contributed by atoms with van der Waals surface area (Å²) < 4.78 is 7.09. The van der Waals surface area contributed by atoms with E-state index in [0.717, 1.165) is 30.5 Å². The summed E-state index contributed by atoms with van der Waals surface area (Å²) in [6.45, 7) is 6.66. The van der Waals surface area contributed by atoms with Crippen LogP contribution in [0.3, 0.4) is 0 Å². The maximum atomic E-state index is 13.1. The molecule has 1 atom stereocenters. The van der Waals surface area contributed by atoms with E-state index in [-0.39, 0.29) is 24.5 Å². The van der Waals surface area contributed by atoms with Gasteiger partial charge in [-0.1, -0.05) is 12.6 Å². The van der Waals surface area contributed by atoms with E-state index in [4.69, 9.17) is 9.72 Å². The fourth-order valence-corrected chi connectivity index (χ4v) is 4.73. The number of amides is 3. The van der Waals surface area contributed by atoms with Crippen molar-refractivity contribution in [2.75, 3.05) is 23.7 Å². The van der Waals surface area contributed by atoms with Gasteiger partial charge in [0.15, 0.2) is 0 Å². The number of anilines is 2. The Morgan fingerprint density at radius 1 is 1.29 bits per heavy atom. The second kappa shape index (κ2) is 9.21. The van der Waals surface area contributed by atoms with Crippen molar-refractivity contribution in [3.05, 3.63) is 59.9 Å². The van der Waals surface area contributed by atoms with Gasteiger partial charge in [0.2, 0.25) is 11.9 Å². The molecule has 1 fully saturated rings. The number of carbonyl (C=O) groups excluding carboxylic acids is 3. The van der Waals surface area contributed by atoms with Crippen molar-refractivity contribution in [2.24, 2.45) is 0 Å². The molecule has 2 N–H and O–H groups in total. The molecule has 2 aromatic heterocycles. The van der Waals surface area contributed by atoms with Crippen LogP contribution in [0.25, 0.3) is 11.0 Å². The van der Waals surface area contributed by atoms with Gasteiger partial charge in [-0.3, -0.25) is 25.2 Å². The lowest BCUT2D eigenvalue weighted by Gasteiger charge is -2.27. The minimum absolute atomic E-state index is 0.136. The van der Waals surface area contributed by atoms with Crippen molar-refractivity contribution < 1.29 is 19.1 Å². The van der Waals surface area contributed by atoms with E-state index in [1.165, 1.54) is 6.08 Å². The van der Waals surface area contributed by atoms with Crippen molar-refractivity contribution in [2.45, 2.75) is 38.8 Å². The zero-order valence-electron chi connectivity index (χ0n) is 19.4. The highest BCUT2D eigenvalue weighted by Crippen LogP contribution is 2.37. The van der Waals surface area contributed by atoms with Crippen LogP contribution in [0.5, 0.6) is 0 Å². The third-order valence-electron chi connectivity index (χ3n) is 6.41. The second-order valence-electron chi connectivity index (χ2n) is 8.75. The quantitative estimate of drug-likeness (QED) is 0.556. The number of carbonyl (C=O) groups is 3. The van der Waals surface area contributed by atoms with E-state index in [1.54, 1.807) is 23.2 Å². The zero-order valence-corrected chi connectivity index (χ0v) is 19.4. The standard InChI is InChI=1S/C25H26N6O4/c1-3-20(32)30-11-5-4-6-18(13-30)31-22-19(8-7-17-14-35-25(34)28-21(17)22)27-24(31)29-23(33)16-9-10-26-15(2)12-16/h3,7-10,12,18H,1,4-6,11,13-14H2,2H3,(H,28,34)(H,27,29,33). The van der Waals surface area contributed by atoms with Crippen LogP contribution in [-0.4, -0.2) is 50.4 Å². The average Bonchev–Trinajstić information content (AvgIpc) is 3.04. The summed E-state index contributed by atoms with van der Waals surface area (Å²) in [6.07, 6.45) is 4.90. The van der Waals surface area contributed by atoms with Crippen molar-refractivity contribution >= 4 is 40.6 Å². The Bertz CT molecular complexity index is 1350. The molecule has 10 nitrogen and oxygen atoms in total. The third kappa shape index (κ3) is 4.34. The highest BCUT2D eigenvalue weighted by molar-refractivity contribution is 6.06. The molecule has 1 saturated heterocycles. The summed E-state index contributed by atoms with van der Waals surface area (Å²) >= 11 is 0. The molecule has 1 unspecified atom stereocenters. The first-order valence-corrected chi connectivity index (χ1v) is 11.6. The van der Waals surface area contributed by atoms with Crippen LogP contribution in [0.4, 0.5) is 16.4 Å². The summed E-state index contributed by atoms with van der Waals surface area (Å²) in [5, 5.41) is 5.76. The number of hydrogen-bond donors (Lipinski definition) is 2. The monoisotopic (exact) mass is 474 g/mol. The van der Waals surface area contributed by atoms with Crippen LogP contribution in [0.1, 0.15) is 46.9 Å². The van der Waals surface area contributed by atoms with Gasteiger partial charge in [0.25, 0.3) is 5.91 Å². The molecule has 2 aliphatic rings. The van der Waals surface area contributed by atoms with Crippen LogP contribution in [0.15, 0.2) is 43.1 Å². The molecular weight excluding hydrogens is 448 g/mol. The van der Waals surface area contributed by atoms with Crippen LogP contribution in [0, 0.1) is 6.92 Å². The molecule has 0 saturated carbocycles. The molecule has 0 aliphatic carbocycles. The molecule has 35 heavy (non-hydrogen) atoms. The number of likely N-dealkylation sites (tertiary alicyclic amines) is 1. The van der Waals surface area contributed by atoms with Gasteiger partial charge in [-0.25, -0.2) is 9.78 Å². The van der Waals surface area contributed by atoms with Crippen LogP contribution in [0.2, 0.25) is 0 Å². The molecule has 0 spiro atoms. The Kier molecular flexibility index (Phi) is 5.94. The van der Waals surface area contributed by atoms with Gasteiger partial charge in [0, 0.05) is 36.1 Å². The second-order valence-corrected chi connectivity index (χ2v) is 8.75. The fraction of sp³-hybridized carbons (Fsp3) is 0.320. The highest BCUT2D eigenvalue weighted by atomic mass is 16.5. The summed E-state index contributed by atoms with van der Waals surface area (Å²) in [5.74, 6) is -0.102. The molecule has 1 aromatic carbocycles. The number of pyridine rings is 1. The third-order valence-corrected chi connectivity index (χ3v) is 6.41. The Morgan fingerprint density at radius 2 is 2.14 bits per heavy atom. The number of ether oxygens (including phenoxy) is 1. The summed E-state index contributed by atoms with van der Waals surface area (Å²) in [4.78, 5) is 48.4. The Hall–Kier alpha value is -4.21. The van der Waals surface area contributed by atoms with Crippen LogP contribution < -0.4 is 10.6 Å². The minimum Gasteiger partial charge on any atom is -0.444 e. The van der Waals surface area contributed by atoms with Crippen LogP contribution in [-0.2, 0) is 16.1 Å². The summed E-state index contributed by atoms with van der Waals surface area (Å²) in [6, 6.07) is 6.88. The van der Waals surface area contributed by atoms with E-state index < -0.39 is 6.09 Å². The number of benzene rings is 1. The molecule has 3 amide bonds. The topological polar surface area (TPSA) is 118 Å². The number of cyclic esters (lactones) is 1. The lowest BCUT2D eigenvalue weighted by molar-refractivity contribution is -0.126. The van der Waals surface area contributed by atoms with E-state index in [9.17, 15) is 14.4 Å². The van der Waals surface area contributed by atoms with Gasteiger partial charge in [0.05, 0.1) is 22.8 Å². The smallest absolute Gasteiger partial charge is 0.412 e. The SMILES string of the molecule is C=CC(=O)N1CCCCC(n2c(NC(=O)c3ccnc(C)c3)nc3ccc4c(c32)NC(=O)OC4)C1. The van der Waals surface area contributed by atoms with Crippen LogP contribution >= 0.6 is 0 Å². The largest absolute Gasteiger partial charge is 0.444 e. The van der Waals surface area contributed by atoms with Crippen molar-refractivity contribution in [3.63, 3.8) is 0 Å². The molecule has 10 heteroatoms. The average molecular weight is 475 g/mol. The number of aromatic nitrogens is 3. The molecule has 4 heterocycles. The van der Waals surface area contributed by atoms with Gasteiger partial charge >= 0.3 is 6.09 Å². The van der Waals surface area contributed by atoms with Crippen molar-refractivity contribution in [1.29, 1.82) is 0 Å². The van der Waals surface area contributed by atoms with E-state index >= 15 is 0 Å². The first-order chi connectivity index (χ1) is 16.9. The Morgan fingerprint density at radius 3 is 2.94 bits per heavy atom. The predicted octanol–water partition coefficient (Wildman–Crippen LogP) is 3.79. The van der Waals surface area contributed by atoms with Gasteiger partial charge in [-0.2, -0.15) is 0 Å². The van der Waals surface area contributed by atoms with E-state index in [0.29, 0.717) is 41.3 Å². The maximum Gasteiger partial charge on any atom is 0.412 e.